The molecule has 0 unspecified atom stereocenters. The summed E-state index contributed by atoms with van der Waals surface area (Å²) in [6.07, 6.45) is 0. The summed E-state index contributed by atoms with van der Waals surface area (Å²) >= 11 is 9.08. The van der Waals surface area contributed by atoms with Gasteiger partial charge >= 0.3 is 0 Å². The van der Waals surface area contributed by atoms with Crippen LogP contribution < -0.4 is 5.32 Å². The Morgan fingerprint density at radius 2 is 2.36 bits per heavy atom. The first-order valence-corrected chi connectivity index (χ1v) is 5.07. The van der Waals surface area contributed by atoms with Crippen molar-refractivity contribution in [2.75, 3.05) is 11.9 Å². The van der Waals surface area contributed by atoms with Gasteiger partial charge in [0.15, 0.2) is 0 Å². The second-order valence-electron chi connectivity index (χ2n) is 2.68. The van der Waals surface area contributed by atoms with E-state index in [9.17, 15) is 0 Å². The van der Waals surface area contributed by atoms with Gasteiger partial charge < -0.3 is 5.32 Å². The molecule has 0 bridgehead atoms. The number of nitrogens with one attached hydrogen (secondary N) is 1. The van der Waals surface area contributed by atoms with Crippen LogP contribution in [0.5, 0.6) is 0 Å². The molecule has 0 atom stereocenters. The van der Waals surface area contributed by atoms with Gasteiger partial charge in [-0.25, -0.2) is 0 Å². The van der Waals surface area contributed by atoms with Gasteiger partial charge in [0, 0.05) is 16.7 Å². The Bertz CT molecular complexity index is 396. The second-order valence-corrected chi connectivity index (χ2v) is 4.21. The number of nitriles is 1. The van der Waals surface area contributed by atoms with E-state index in [1.807, 2.05) is 6.07 Å². The molecule has 0 saturated heterocycles. The van der Waals surface area contributed by atoms with Gasteiger partial charge in [-0.15, -0.1) is 0 Å². The molecule has 14 heavy (non-hydrogen) atoms. The van der Waals surface area contributed by atoms with Gasteiger partial charge in [-0.3, -0.25) is 0 Å². The molecule has 0 aliphatic heterocycles. The van der Waals surface area contributed by atoms with Crippen LogP contribution in [0.15, 0.2) is 29.3 Å². The van der Waals surface area contributed by atoms with Gasteiger partial charge in [0.25, 0.3) is 0 Å². The molecular weight excluding hydrogens is 263 g/mol. The predicted octanol–water partition coefficient (Wildman–Crippen LogP) is 3.53. The van der Waals surface area contributed by atoms with Crippen LogP contribution in [0, 0.1) is 11.3 Å². The van der Waals surface area contributed by atoms with Crippen LogP contribution in [-0.2, 0) is 0 Å². The van der Waals surface area contributed by atoms with E-state index in [0.29, 0.717) is 17.1 Å². The topological polar surface area (TPSA) is 35.8 Å². The lowest BCUT2D eigenvalue weighted by atomic mass is 10.2. The molecule has 1 aromatic carbocycles. The summed E-state index contributed by atoms with van der Waals surface area (Å²) in [4.78, 5) is 0. The molecule has 0 radical (unpaired) electrons. The van der Waals surface area contributed by atoms with Crippen LogP contribution in [0.25, 0.3) is 0 Å². The van der Waals surface area contributed by atoms with Crippen LogP contribution in [0.1, 0.15) is 5.56 Å². The van der Waals surface area contributed by atoms with E-state index in [1.165, 1.54) is 0 Å². The first-order valence-electron chi connectivity index (χ1n) is 3.90. The molecule has 72 valence electrons. The number of hydrogen-bond donors (Lipinski definition) is 1. The lowest BCUT2D eigenvalue weighted by Crippen LogP contribution is -2.00. The number of hydrogen-bond acceptors (Lipinski definition) is 2. The van der Waals surface area contributed by atoms with Gasteiger partial charge in [-0.2, -0.15) is 5.26 Å². The van der Waals surface area contributed by atoms with E-state index in [4.69, 9.17) is 16.9 Å². The highest BCUT2D eigenvalue weighted by Crippen LogP contribution is 2.20. The maximum absolute atomic E-state index is 8.65. The van der Waals surface area contributed by atoms with E-state index in [2.05, 4.69) is 27.8 Å². The van der Waals surface area contributed by atoms with Gasteiger partial charge in [-0.1, -0.05) is 34.1 Å². The number of rotatable bonds is 3. The van der Waals surface area contributed by atoms with E-state index in [1.54, 1.807) is 18.2 Å². The number of anilines is 1. The van der Waals surface area contributed by atoms with Crippen molar-refractivity contribution in [2.24, 2.45) is 0 Å². The van der Waals surface area contributed by atoms with Crippen LogP contribution in [0.2, 0.25) is 5.02 Å². The zero-order valence-electron chi connectivity index (χ0n) is 7.35. The highest BCUT2D eigenvalue weighted by atomic mass is 79.9. The smallest absolute Gasteiger partial charge is 0.101 e. The molecular formula is C10H8BrClN2. The minimum atomic E-state index is 0.456. The highest BCUT2D eigenvalue weighted by molar-refractivity contribution is 9.11. The summed E-state index contributed by atoms with van der Waals surface area (Å²) < 4.78 is 0.859. The summed E-state index contributed by atoms with van der Waals surface area (Å²) in [6, 6.07) is 7.21. The molecule has 0 saturated carbocycles. The molecule has 0 aliphatic rings. The van der Waals surface area contributed by atoms with Gasteiger partial charge in [0.1, 0.15) is 6.07 Å². The fourth-order valence-electron chi connectivity index (χ4n) is 0.914. The van der Waals surface area contributed by atoms with Crippen LogP contribution in [0.3, 0.4) is 0 Å². The molecule has 1 N–H and O–H groups in total. The predicted molar refractivity (Wildman–Crippen MR) is 62.7 cm³/mol. The number of nitrogens with zero attached hydrogens (tertiary/aromatic N) is 1. The summed E-state index contributed by atoms with van der Waals surface area (Å²) in [5.74, 6) is 0. The van der Waals surface area contributed by atoms with Crippen LogP contribution >= 0.6 is 27.5 Å². The zero-order valence-corrected chi connectivity index (χ0v) is 9.69. The normalized spacial score (nSPS) is 9.21. The maximum Gasteiger partial charge on any atom is 0.101 e. The molecule has 4 heteroatoms. The minimum absolute atomic E-state index is 0.456. The molecule has 2 nitrogen and oxygen atoms in total. The standard InChI is InChI=1S/C10H8BrClN2/c1-7(11)6-14-9-3-2-8(5-13)10(12)4-9/h2-4,14H,1,6H2. The Kier molecular flexibility index (Phi) is 3.99. The SMILES string of the molecule is C=C(Br)CNc1ccc(C#N)c(Cl)c1. The zero-order chi connectivity index (χ0) is 10.6. The van der Waals surface area contributed by atoms with Crippen molar-refractivity contribution in [3.63, 3.8) is 0 Å². The van der Waals surface area contributed by atoms with E-state index in [0.717, 1.165) is 10.2 Å². The first kappa shape index (κ1) is 11.1. The highest BCUT2D eigenvalue weighted by Gasteiger charge is 2.00. The van der Waals surface area contributed by atoms with Gasteiger partial charge in [0.2, 0.25) is 0 Å². The average Bonchev–Trinajstić information content (AvgIpc) is 2.15. The van der Waals surface area contributed by atoms with Crippen molar-refractivity contribution >= 4 is 33.2 Å². The Labute approximate surface area is 96.3 Å². The minimum Gasteiger partial charge on any atom is -0.380 e. The largest absolute Gasteiger partial charge is 0.380 e. The second kappa shape index (κ2) is 5.04. The lowest BCUT2D eigenvalue weighted by Gasteiger charge is -2.05. The molecule has 0 amide bonds. The molecule has 0 fully saturated rings. The monoisotopic (exact) mass is 270 g/mol. The summed E-state index contributed by atoms with van der Waals surface area (Å²) in [7, 11) is 0. The molecule has 0 aliphatic carbocycles. The van der Waals surface area contributed by atoms with Crippen LogP contribution in [-0.4, -0.2) is 6.54 Å². The van der Waals surface area contributed by atoms with Crippen molar-refractivity contribution in [3.8, 4) is 6.07 Å². The Balaban J connectivity index is 2.77. The van der Waals surface area contributed by atoms with Crippen molar-refractivity contribution in [1.29, 1.82) is 5.26 Å². The van der Waals surface area contributed by atoms with Crippen molar-refractivity contribution in [1.82, 2.24) is 0 Å². The van der Waals surface area contributed by atoms with Crippen molar-refractivity contribution in [3.05, 3.63) is 39.8 Å². The summed E-state index contributed by atoms with van der Waals surface area (Å²) in [6.45, 7) is 4.32. The molecule has 1 aromatic rings. The van der Waals surface area contributed by atoms with E-state index in [-0.39, 0.29) is 0 Å². The third-order valence-corrected chi connectivity index (χ3v) is 2.17. The third kappa shape index (κ3) is 3.06. The van der Waals surface area contributed by atoms with Crippen molar-refractivity contribution < 1.29 is 0 Å². The third-order valence-electron chi connectivity index (χ3n) is 1.57. The fraction of sp³-hybridized carbons (Fsp3) is 0.100. The molecule has 0 spiro atoms. The van der Waals surface area contributed by atoms with Gasteiger partial charge in [-0.05, 0) is 18.2 Å². The fourth-order valence-corrected chi connectivity index (χ4v) is 1.28. The lowest BCUT2D eigenvalue weighted by molar-refractivity contribution is 1.32. The average molecular weight is 272 g/mol. The van der Waals surface area contributed by atoms with Crippen LogP contribution in [0.4, 0.5) is 5.69 Å². The Hall–Kier alpha value is -0.980. The molecule has 0 heterocycles. The van der Waals surface area contributed by atoms with Crippen molar-refractivity contribution in [2.45, 2.75) is 0 Å². The summed E-state index contributed by atoms with van der Waals surface area (Å²) in [5, 5.41) is 12.2. The van der Waals surface area contributed by atoms with Gasteiger partial charge in [0.05, 0.1) is 10.6 Å². The number of halogens is 2. The summed E-state index contributed by atoms with van der Waals surface area (Å²) in [5.41, 5.74) is 1.35. The Morgan fingerprint density at radius 3 is 2.86 bits per heavy atom. The number of benzene rings is 1. The molecule has 0 aromatic heterocycles. The Morgan fingerprint density at radius 1 is 1.64 bits per heavy atom. The first-order chi connectivity index (χ1) is 6.63. The van der Waals surface area contributed by atoms with E-state index >= 15 is 0 Å². The van der Waals surface area contributed by atoms with E-state index < -0.39 is 0 Å². The maximum atomic E-state index is 8.65. The quantitative estimate of drug-likeness (QED) is 0.913. The molecule has 1 rings (SSSR count).